The molecule has 0 bridgehead atoms. The summed E-state index contributed by atoms with van der Waals surface area (Å²) in [6.45, 7) is 0. The van der Waals surface area contributed by atoms with Crippen LogP contribution >= 0.6 is 23.2 Å². The van der Waals surface area contributed by atoms with E-state index in [9.17, 15) is 4.79 Å². The summed E-state index contributed by atoms with van der Waals surface area (Å²) in [7, 11) is 0. The third-order valence-electron chi connectivity index (χ3n) is 4.15. The number of ketones is 1. The van der Waals surface area contributed by atoms with Crippen LogP contribution in [0.3, 0.4) is 0 Å². The third kappa shape index (κ3) is 4.62. The van der Waals surface area contributed by atoms with Crippen molar-refractivity contribution in [3.63, 3.8) is 0 Å². The number of halogens is 2. The molecule has 1 N–H and O–H groups in total. The highest BCUT2D eigenvalue weighted by molar-refractivity contribution is 6.32. The Morgan fingerprint density at radius 2 is 1.79 bits per heavy atom. The number of tetrazole rings is 1. The van der Waals surface area contributed by atoms with Gasteiger partial charge in [0, 0.05) is 22.6 Å². The number of benzene rings is 3. The summed E-state index contributed by atoms with van der Waals surface area (Å²) in [4.78, 5) is 12.6. The molecule has 0 aliphatic carbocycles. The number of ether oxygens (including phenoxy) is 1. The van der Waals surface area contributed by atoms with E-state index in [4.69, 9.17) is 27.9 Å². The number of rotatable bonds is 6. The van der Waals surface area contributed by atoms with Gasteiger partial charge in [0.15, 0.2) is 11.6 Å². The second-order valence-electron chi connectivity index (χ2n) is 6.26. The highest BCUT2D eigenvalue weighted by Crippen LogP contribution is 2.33. The maximum absolute atomic E-state index is 12.6. The number of aromatic nitrogens is 4. The Balaban J connectivity index is 1.55. The summed E-state index contributed by atoms with van der Waals surface area (Å²) in [6, 6.07) is 19.3. The number of nitrogens with zero attached hydrogens (tertiary/aromatic N) is 3. The van der Waals surface area contributed by atoms with Gasteiger partial charge >= 0.3 is 0 Å². The predicted molar refractivity (Wildman–Crippen MR) is 110 cm³/mol. The van der Waals surface area contributed by atoms with Gasteiger partial charge in [-0.2, -0.15) is 0 Å². The number of hydrogen-bond donors (Lipinski definition) is 1. The Morgan fingerprint density at radius 3 is 2.52 bits per heavy atom. The van der Waals surface area contributed by atoms with Crippen LogP contribution in [0.5, 0.6) is 11.5 Å². The predicted octanol–water partition coefficient (Wildman–Crippen LogP) is 5.12. The Hall–Kier alpha value is -3.22. The van der Waals surface area contributed by atoms with Crippen LogP contribution in [0.1, 0.15) is 27.3 Å². The van der Waals surface area contributed by atoms with Gasteiger partial charge in [0.05, 0.1) is 5.02 Å². The largest absolute Gasteiger partial charge is 0.456 e. The maximum atomic E-state index is 12.6. The van der Waals surface area contributed by atoms with Gasteiger partial charge in [0.2, 0.25) is 0 Å². The van der Waals surface area contributed by atoms with Gasteiger partial charge in [0.1, 0.15) is 11.5 Å². The molecule has 0 fully saturated rings. The van der Waals surface area contributed by atoms with Crippen LogP contribution in [0.15, 0.2) is 66.7 Å². The van der Waals surface area contributed by atoms with Gasteiger partial charge in [-0.05, 0) is 52.4 Å². The van der Waals surface area contributed by atoms with E-state index in [2.05, 4.69) is 20.6 Å². The van der Waals surface area contributed by atoms with E-state index in [1.54, 1.807) is 42.5 Å². The molecule has 8 heteroatoms. The van der Waals surface area contributed by atoms with Crippen molar-refractivity contribution in [3.8, 4) is 11.5 Å². The average Bonchev–Trinajstić information content (AvgIpc) is 3.22. The van der Waals surface area contributed by atoms with Crippen molar-refractivity contribution in [2.75, 3.05) is 0 Å². The Bertz CT molecular complexity index is 1150. The molecule has 0 unspecified atom stereocenters. The topological polar surface area (TPSA) is 80.8 Å². The van der Waals surface area contributed by atoms with Crippen LogP contribution in [-0.4, -0.2) is 26.4 Å². The number of H-pyrrole nitrogens is 1. The van der Waals surface area contributed by atoms with E-state index in [1.165, 1.54) is 0 Å². The lowest BCUT2D eigenvalue weighted by Gasteiger charge is -2.11. The van der Waals surface area contributed by atoms with E-state index < -0.39 is 0 Å². The standard InChI is InChI=1S/C21H14Cl2N4O2/c22-16-8-13(10-20-24-26-27-25-20)9-17(12-16)29-19-7-6-15(11-18(19)23)21(28)14-4-2-1-3-5-14/h1-9,11-12H,10H2,(H,24,25,26,27). The summed E-state index contributed by atoms with van der Waals surface area (Å²) in [5.41, 5.74) is 1.95. The van der Waals surface area contributed by atoms with Gasteiger partial charge < -0.3 is 4.74 Å². The zero-order valence-corrected chi connectivity index (χ0v) is 16.5. The fourth-order valence-corrected chi connectivity index (χ4v) is 3.30. The van der Waals surface area contributed by atoms with Gasteiger partial charge in [-0.15, -0.1) is 5.10 Å². The fraction of sp³-hybridized carbons (Fsp3) is 0.0476. The summed E-state index contributed by atoms with van der Waals surface area (Å²) in [5, 5.41) is 14.5. The first kappa shape index (κ1) is 19.1. The van der Waals surface area contributed by atoms with Crippen LogP contribution < -0.4 is 4.74 Å². The number of carbonyl (C=O) groups excluding carboxylic acids is 1. The summed E-state index contributed by atoms with van der Waals surface area (Å²) in [6.07, 6.45) is 0.474. The van der Waals surface area contributed by atoms with Crippen molar-refractivity contribution < 1.29 is 9.53 Å². The molecule has 3 aromatic carbocycles. The van der Waals surface area contributed by atoms with Gasteiger partial charge in [-0.3, -0.25) is 4.79 Å². The molecule has 0 spiro atoms. The molecule has 0 atom stereocenters. The van der Waals surface area contributed by atoms with Crippen molar-refractivity contribution >= 4 is 29.0 Å². The van der Waals surface area contributed by atoms with Gasteiger partial charge in [0.25, 0.3) is 0 Å². The van der Waals surface area contributed by atoms with Crippen molar-refractivity contribution in [3.05, 3.63) is 99.3 Å². The van der Waals surface area contributed by atoms with Crippen LogP contribution in [-0.2, 0) is 6.42 Å². The first-order valence-electron chi connectivity index (χ1n) is 8.68. The summed E-state index contributed by atoms with van der Waals surface area (Å²) < 4.78 is 5.90. The Morgan fingerprint density at radius 1 is 0.966 bits per heavy atom. The van der Waals surface area contributed by atoms with Crippen LogP contribution in [0.4, 0.5) is 0 Å². The number of hydrogen-bond acceptors (Lipinski definition) is 5. The molecule has 1 aromatic heterocycles. The molecule has 0 radical (unpaired) electrons. The van der Waals surface area contributed by atoms with E-state index in [-0.39, 0.29) is 5.78 Å². The van der Waals surface area contributed by atoms with E-state index in [0.717, 1.165) is 5.56 Å². The molecule has 0 aliphatic heterocycles. The highest BCUT2D eigenvalue weighted by Gasteiger charge is 2.13. The average molecular weight is 425 g/mol. The Kier molecular flexibility index (Phi) is 5.55. The smallest absolute Gasteiger partial charge is 0.193 e. The number of carbonyl (C=O) groups is 1. The molecule has 144 valence electrons. The number of nitrogens with one attached hydrogen (secondary N) is 1. The zero-order valence-electron chi connectivity index (χ0n) is 15.0. The zero-order chi connectivity index (χ0) is 20.2. The molecule has 0 saturated heterocycles. The van der Waals surface area contributed by atoms with Crippen molar-refractivity contribution in [1.29, 1.82) is 0 Å². The molecular formula is C21H14Cl2N4O2. The van der Waals surface area contributed by atoms with Gasteiger partial charge in [-0.1, -0.05) is 53.5 Å². The molecule has 0 aliphatic rings. The first-order valence-corrected chi connectivity index (χ1v) is 9.43. The van der Waals surface area contributed by atoms with Crippen LogP contribution in [0, 0.1) is 0 Å². The molecule has 0 amide bonds. The summed E-state index contributed by atoms with van der Waals surface area (Å²) >= 11 is 12.6. The van der Waals surface area contributed by atoms with E-state index in [1.807, 2.05) is 24.3 Å². The highest BCUT2D eigenvalue weighted by atomic mass is 35.5. The molecule has 4 aromatic rings. The minimum absolute atomic E-state index is 0.107. The van der Waals surface area contributed by atoms with Gasteiger partial charge in [-0.25, -0.2) is 5.10 Å². The second kappa shape index (κ2) is 8.43. The quantitative estimate of drug-likeness (QED) is 0.434. The molecule has 1 heterocycles. The minimum Gasteiger partial charge on any atom is -0.456 e. The van der Waals surface area contributed by atoms with E-state index in [0.29, 0.717) is 44.9 Å². The fourth-order valence-electron chi connectivity index (χ4n) is 2.84. The molecular weight excluding hydrogens is 411 g/mol. The van der Waals surface area contributed by atoms with E-state index >= 15 is 0 Å². The van der Waals surface area contributed by atoms with Crippen molar-refractivity contribution in [1.82, 2.24) is 20.6 Å². The first-order chi connectivity index (χ1) is 14.1. The minimum atomic E-state index is -0.107. The monoisotopic (exact) mass is 424 g/mol. The molecule has 29 heavy (non-hydrogen) atoms. The van der Waals surface area contributed by atoms with Crippen molar-refractivity contribution in [2.45, 2.75) is 6.42 Å². The molecule has 0 saturated carbocycles. The second-order valence-corrected chi connectivity index (χ2v) is 7.11. The SMILES string of the molecule is O=C(c1ccccc1)c1ccc(Oc2cc(Cl)cc(Cc3nnn[nH]3)c2)c(Cl)c1. The third-order valence-corrected chi connectivity index (χ3v) is 4.66. The molecule has 4 rings (SSSR count). The molecule has 6 nitrogen and oxygen atoms in total. The van der Waals surface area contributed by atoms with Crippen molar-refractivity contribution in [2.24, 2.45) is 0 Å². The summed E-state index contributed by atoms with van der Waals surface area (Å²) in [5.74, 6) is 1.44. The lowest BCUT2D eigenvalue weighted by molar-refractivity contribution is 0.103. The number of aromatic amines is 1. The van der Waals surface area contributed by atoms with Crippen LogP contribution in [0.2, 0.25) is 10.0 Å². The Labute approximate surface area is 176 Å². The lowest BCUT2D eigenvalue weighted by atomic mass is 10.0. The lowest BCUT2D eigenvalue weighted by Crippen LogP contribution is -2.01. The maximum Gasteiger partial charge on any atom is 0.193 e. The van der Waals surface area contributed by atoms with Crippen LogP contribution in [0.25, 0.3) is 0 Å². The normalized spacial score (nSPS) is 10.7.